The number of likely N-dealkylation sites (tertiary alicyclic amines) is 1. The number of carbonyl (C=O) groups excluding carboxylic acids is 2. The van der Waals surface area contributed by atoms with Crippen LogP contribution in [0.4, 0.5) is 0 Å². The first-order valence-electron chi connectivity index (χ1n) is 7.10. The molecule has 0 radical (unpaired) electrons. The van der Waals surface area contributed by atoms with Gasteiger partial charge in [0.25, 0.3) is 0 Å². The summed E-state index contributed by atoms with van der Waals surface area (Å²) in [6.45, 7) is 6.62. The Morgan fingerprint density at radius 2 is 2.20 bits per heavy atom. The molecule has 0 spiro atoms. The molecular weight excluding hydrogens is 252 g/mol. The molecule has 1 aromatic carbocycles. The minimum Gasteiger partial charge on any atom is -0.351 e. The summed E-state index contributed by atoms with van der Waals surface area (Å²) in [7, 11) is 0. The van der Waals surface area contributed by atoms with Gasteiger partial charge in [-0.25, -0.2) is 0 Å². The summed E-state index contributed by atoms with van der Waals surface area (Å²) in [5, 5.41) is 2.96. The van der Waals surface area contributed by atoms with Crippen LogP contribution in [-0.2, 0) is 16.0 Å². The molecular formula is C16H22N2O2. The van der Waals surface area contributed by atoms with Crippen molar-refractivity contribution in [1.82, 2.24) is 10.2 Å². The second-order valence-electron chi connectivity index (χ2n) is 5.77. The third-order valence-electron chi connectivity index (χ3n) is 3.59. The third-order valence-corrected chi connectivity index (χ3v) is 3.59. The van der Waals surface area contributed by atoms with Crippen molar-refractivity contribution in [2.45, 2.75) is 45.7 Å². The van der Waals surface area contributed by atoms with E-state index in [-0.39, 0.29) is 23.9 Å². The van der Waals surface area contributed by atoms with E-state index in [0.717, 1.165) is 11.1 Å². The van der Waals surface area contributed by atoms with E-state index in [4.69, 9.17) is 0 Å². The third kappa shape index (κ3) is 3.59. The molecule has 0 aliphatic carbocycles. The zero-order valence-corrected chi connectivity index (χ0v) is 12.3. The van der Waals surface area contributed by atoms with E-state index >= 15 is 0 Å². The minimum absolute atomic E-state index is 0.0148. The average Bonchev–Trinajstić information content (AvgIpc) is 2.70. The Hall–Kier alpha value is -1.84. The maximum absolute atomic E-state index is 12.0. The number of rotatable bonds is 4. The first kappa shape index (κ1) is 14.6. The van der Waals surface area contributed by atoms with E-state index in [0.29, 0.717) is 19.4 Å². The standard InChI is InChI=1S/C16H22N2O2/c1-11(2)18-10-14(9-16(18)20)17-15(19)8-13-6-4-5-12(3)7-13/h4-7,11,14H,8-10H2,1-3H3,(H,17,19). The van der Waals surface area contributed by atoms with Crippen molar-refractivity contribution in [1.29, 1.82) is 0 Å². The number of nitrogens with zero attached hydrogens (tertiary/aromatic N) is 1. The van der Waals surface area contributed by atoms with Gasteiger partial charge in [-0.1, -0.05) is 29.8 Å². The molecule has 108 valence electrons. The van der Waals surface area contributed by atoms with Crippen molar-refractivity contribution >= 4 is 11.8 Å². The summed E-state index contributed by atoms with van der Waals surface area (Å²) in [4.78, 5) is 25.6. The van der Waals surface area contributed by atoms with Crippen LogP contribution in [0, 0.1) is 6.92 Å². The van der Waals surface area contributed by atoms with Crippen molar-refractivity contribution in [2.75, 3.05) is 6.54 Å². The SMILES string of the molecule is Cc1cccc(CC(=O)NC2CC(=O)N(C(C)C)C2)c1. The lowest BCUT2D eigenvalue weighted by Gasteiger charge is -2.21. The summed E-state index contributed by atoms with van der Waals surface area (Å²) < 4.78 is 0. The van der Waals surface area contributed by atoms with Crippen molar-refractivity contribution in [3.63, 3.8) is 0 Å². The highest BCUT2D eigenvalue weighted by Gasteiger charge is 2.31. The fourth-order valence-corrected chi connectivity index (χ4v) is 2.61. The van der Waals surface area contributed by atoms with Crippen LogP contribution in [-0.4, -0.2) is 35.3 Å². The topological polar surface area (TPSA) is 49.4 Å². The monoisotopic (exact) mass is 274 g/mol. The van der Waals surface area contributed by atoms with E-state index in [2.05, 4.69) is 5.32 Å². The van der Waals surface area contributed by atoms with Crippen molar-refractivity contribution in [3.8, 4) is 0 Å². The predicted molar refractivity (Wildman–Crippen MR) is 78.3 cm³/mol. The lowest BCUT2D eigenvalue weighted by molar-refractivity contribution is -0.129. The molecule has 2 rings (SSSR count). The van der Waals surface area contributed by atoms with Gasteiger partial charge in [-0.15, -0.1) is 0 Å². The number of aryl methyl sites for hydroxylation is 1. The Morgan fingerprint density at radius 1 is 1.45 bits per heavy atom. The van der Waals surface area contributed by atoms with Gasteiger partial charge in [-0.05, 0) is 26.3 Å². The van der Waals surface area contributed by atoms with Gasteiger partial charge in [0.1, 0.15) is 0 Å². The molecule has 1 N–H and O–H groups in total. The van der Waals surface area contributed by atoms with Crippen LogP contribution in [0.5, 0.6) is 0 Å². The summed E-state index contributed by atoms with van der Waals surface area (Å²) >= 11 is 0. The molecule has 1 unspecified atom stereocenters. The van der Waals surface area contributed by atoms with Crippen LogP contribution in [0.1, 0.15) is 31.4 Å². The number of hydrogen-bond donors (Lipinski definition) is 1. The van der Waals surface area contributed by atoms with Gasteiger partial charge in [0.2, 0.25) is 11.8 Å². The van der Waals surface area contributed by atoms with Gasteiger partial charge in [-0.2, -0.15) is 0 Å². The summed E-state index contributed by atoms with van der Waals surface area (Å²) in [6, 6.07) is 8.07. The second-order valence-corrected chi connectivity index (χ2v) is 5.77. The number of nitrogens with one attached hydrogen (secondary N) is 1. The maximum Gasteiger partial charge on any atom is 0.225 e. The van der Waals surface area contributed by atoms with E-state index in [1.807, 2.05) is 49.9 Å². The quantitative estimate of drug-likeness (QED) is 0.908. The van der Waals surface area contributed by atoms with Crippen molar-refractivity contribution in [3.05, 3.63) is 35.4 Å². The van der Waals surface area contributed by atoms with Crippen LogP contribution in [0.15, 0.2) is 24.3 Å². The summed E-state index contributed by atoms with van der Waals surface area (Å²) in [5.74, 6) is 0.111. The smallest absolute Gasteiger partial charge is 0.225 e. The highest BCUT2D eigenvalue weighted by Crippen LogP contribution is 2.14. The Morgan fingerprint density at radius 3 is 2.80 bits per heavy atom. The Labute approximate surface area is 120 Å². The Bertz CT molecular complexity index is 511. The zero-order chi connectivity index (χ0) is 14.7. The maximum atomic E-state index is 12.0. The van der Waals surface area contributed by atoms with Gasteiger partial charge >= 0.3 is 0 Å². The number of amides is 2. The molecule has 0 saturated carbocycles. The van der Waals surface area contributed by atoms with E-state index < -0.39 is 0 Å². The van der Waals surface area contributed by atoms with Crippen LogP contribution in [0.25, 0.3) is 0 Å². The van der Waals surface area contributed by atoms with Crippen molar-refractivity contribution < 1.29 is 9.59 Å². The molecule has 1 heterocycles. The predicted octanol–water partition coefficient (Wildman–Crippen LogP) is 1.66. The summed E-state index contributed by atoms with van der Waals surface area (Å²) in [5.41, 5.74) is 2.16. The Kier molecular flexibility index (Phi) is 4.42. The largest absolute Gasteiger partial charge is 0.351 e. The average molecular weight is 274 g/mol. The molecule has 4 heteroatoms. The molecule has 1 aromatic rings. The molecule has 2 amide bonds. The van der Waals surface area contributed by atoms with Gasteiger partial charge in [0.05, 0.1) is 12.5 Å². The first-order valence-corrected chi connectivity index (χ1v) is 7.10. The number of benzene rings is 1. The number of hydrogen-bond acceptors (Lipinski definition) is 2. The molecule has 1 aliphatic heterocycles. The second kappa shape index (κ2) is 6.07. The minimum atomic E-state index is -0.0535. The molecule has 1 saturated heterocycles. The van der Waals surface area contributed by atoms with Crippen LogP contribution >= 0.6 is 0 Å². The van der Waals surface area contributed by atoms with Crippen LogP contribution in [0.2, 0.25) is 0 Å². The molecule has 20 heavy (non-hydrogen) atoms. The Balaban J connectivity index is 1.88. The van der Waals surface area contributed by atoms with E-state index in [9.17, 15) is 9.59 Å². The van der Waals surface area contributed by atoms with Gasteiger partial charge < -0.3 is 10.2 Å². The van der Waals surface area contributed by atoms with Gasteiger partial charge in [-0.3, -0.25) is 9.59 Å². The van der Waals surface area contributed by atoms with E-state index in [1.165, 1.54) is 0 Å². The van der Waals surface area contributed by atoms with Crippen molar-refractivity contribution in [2.24, 2.45) is 0 Å². The lowest BCUT2D eigenvalue weighted by Crippen LogP contribution is -2.39. The molecule has 0 bridgehead atoms. The molecule has 1 fully saturated rings. The zero-order valence-electron chi connectivity index (χ0n) is 12.3. The molecule has 0 aromatic heterocycles. The van der Waals surface area contributed by atoms with Gasteiger partial charge in [0.15, 0.2) is 0 Å². The first-order chi connectivity index (χ1) is 9.45. The fourth-order valence-electron chi connectivity index (χ4n) is 2.61. The molecule has 1 atom stereocenters. The molecule has 1 aliphatic rings. The summed E-state index contributed by atoms with van der Waals surface area (Å²) in [6.07, 6.45) is 0.784. The number of carbonyl (C=O) groups is 2. The van der Waals surface area contributed by atoms with E-state index in [1.54, 1.807) is 0 Å². The van der Waals surface area contributed by atoms with Crippen LogP contribution in [0.3, 0.4) is 0 Å². The molecule has 4 nitrogen and oxygen atoms in total. The lowest BCUT2D eigenvalue weighted by atomic mass is 10.1. The van der Waals surface area contributed by atoms with Gasteiger partial charge in [0, 0.05) is 19.0 Å². The highest BCUT2D eigenvalue weighted by molar-refractivity contribution is 5.83. The normalized spacial score (nSPS) is 18.7. The van der Waals surface area contributed by atoms with Crippen LogP contribution < -0.4 is 5.32 Å². The highest BCUT2D eigenvalue weighted by atomic mass is 16.2. The fraction of sp³-hybridized carbons (Fsp3) is 0.500.